The van der Waals surface area contributed by atoms with Gasteiger partial charge in [0.15, 0.2) is 0 Å². The van der Waals surface area contributed by atoms with E-state index in [0.29, 0.717) is 24.3 Å². The van der Waals surface area contributed by atoms with Crippen LogP contribution in [0.25, 0.3) is 16.8 Å². The van der Waals surface area contributed by atoms with Crippen molar-refractivity contribution in [3.63, 3.8) is 0 Å². The number of methoxy groups -OCH3 is 1. The average Bonchev–Trinajstić information content (AvgIpc) is 3.37. The monoisotopic (exact) mass is 473 g/mol. The normalized spacial score (nSPS) is 20.3. The van der Waals surface area contributed by atoms with Crippen LogP contribution in [0.5, 0.6) is 5.75 Å². The Hall–Kier alpha value is -3.40. The second kappa shape index (κ2) is 7.87. The van der Waals surface area contributed by atoms with Gasteiger partial charge < -0.3 is 20.5 Å². The molecule has 2 saturated heterocycles. The topological polar surface area (TPSA) is 123 Å². The van der Waals surface area contributed by atoms with Gasteiger partial charge in [0.2, 0.25) is 5.91 Å². The molecule has 0 aliphatic carbocycles. The molecule has 0 radical (unpaired) electrons. The molecule has 2 fully saturated rings. The number of halogens is 2. The first kappa shape index (κ1) is 21.4. The lowest BCUT2D eigenvalue weighted by molar-refractivity contribution is -0.130. The van der Waals surface area contributed by atoms with E-state index in [9.17, 15) is 14.7 Å². The summed E-state index contributed by atoms with van der Waals surface area (Å²) in [5.74, 6) is -1.51. The molecule has 1 aromatic carbocycles. The number of nitrogen functional groups attached to an aromatic ring is 1. The van der Waals surface area contributed by atoms with Crippen molar-refractivity contribution >= 4 is 34.8 Å². The predicted molar refractivity (Wildman–Crippen MR) is 118 cm³/mol. The number of nitrogens with two attached hydrogens (primary N) is 1. The van der Waals surface area contributed by atoms with Crippen molar-refractivity contribution in [1.82, 2.24) is 19.3 Å². The van der Waals surface area contributed by atoms with E-state index in [4.69, 9.17) is 27.1 Å². The molecule has 5 rings (SSSR count). The minimum absolute atomic E-state index is 0.00301. The van der Waals surface area contributed by atoms with Crippen LogP contribution in [0, 0.1) is 5.82 Å². The molecule has 0 bridgehead atoms. The van der Waals surface area contributed by atoms with Gasteiger partial charge in [0.25, 0.3) is 0 Å². The Morgan fingerprint density at radius 2 is 2.12 bits per heavy atom. The lowest BCUT2D eigenvalue weighted by atomic mass is 9.92. The number of imidazole rings is 1. The van der Waals surface area contributed by atoms with Gasteiger partial charge in [-0.1, -0.05) is 11.6 Å². The Labute approximate surface area is 192 Å². The van der Waals surface area contributed by atoms with Crippen molar-refractivity contribution in [2.45, 2.75) is 37.6 Å². The lowest BCUT2D eigenvalue weighted by Gasteiger charge is -2.34. The summed E-state index contributed by atoms with van der Waals surface area (Å²) < 4.78 is 22.2. The molecular formula is C22H21ClFN5O4. The van der Waals surface area contributed by atoms with Gasteiger partial charge in [0, 0.05) is 24.9 Å². The Balaban J connectivity index is 1.72. The summed E-state index contributed by atoms with van der Waals surface area (Å²) in [7, 11) is 1.32. The molecule has 0 saturated carbocycles. The molecule has 0 spiro atoms. The maximum atomic E-state index is 15.2. The minimum atomic E-state index is -1.29. The van der Waals surface area contributed by atoms with Crippen LogP contribution in [0.15, 0.2) is 18.3 Å². The number of rotatable bonds is 4. The zero-order valence-electron chi connectivity index (χ0n) is 17.7. The van der Waals surface area contributed by atoms with Crippen molar-refractivity contribution in [1.29, 1.82) is 0 Å². The highest BCUT2D eigenvalue weighted by molar-refractivity contribution is 6.30. The summed E-state index contributed by atoms with van der Waals surface area (Å²) in [6.45, 7) is 0.484. The van der Waals surface area contributed by atoms with Crippen LogP contribution in [0.2, 0.25) is 5.15 Å². The van der Waals surface area contributed by atoms with E-state index in [-0.39, 0.29) is 51.4 Å². The molecule has 3 aromatic rings. The van der Waals surface area contributed by atoms with E-state index in [1.54, 1.807) is 4.40 Å². The number of nitrogens with zero attached hydrogens (tertiary/aromatic N) is 4. The second-order valence-corrected chi connectivity index (χ2v) is 8.71. The molecule has 0 unspecified atom stereocenters. The van der Waals surface area contributed by atoms with Crippen LogP contribution in [-0.2, 0) is 4.79 Å². The minimum Gasteiger partial charge on any atom is -0.496 e. The Kier molecular flexibility index (Phi) is 5.12. The first-order chi connectivity index (χ1) is 15.8. The Morgan fingerprint density at radius 3 is 2.85 bits per heavy atom. The lowest BCUT2D eigenvalue weighted by Crippen LogP contribution is -2.41. The van der Waals surface area contributed by atoms with E-state index in [1.165, 1.54) is 19.4 Å². The summed E-state index contributed by atoms with van der Waals surface area (Å²) in [6.07, 6.45) is 4.41. The number of carbonyl (C=O) groups is 2. The molecular weight excluding hydrogens is 453 g/mol. The standard InChI is InChI=1S/C22H21ClFN5O4/c1-33-14-7-11(22(31)32)6-13(24)17(14)18-19-20(25)26-8-15(23)29(19)21(27-18)10-2-3-12-4-5-16(30)28(12)9-10/h6-8,10,12H,2-5,9H2,1H3,(H2,25,26)(H,31,32)/t10-,12+/m1/s1. The van der Waals surface area contributed by atoms with Gasteiger partial charge in [-0.05, 0) is 31.4 Å². The third kappa shape index (κ3) is 3.36. The molecule has 9 nitrogen and oxygen atoms in total. The van der Waals surface area contributed by atoms with Crippen molar-refractivity contribution in [3.8, 4) is 17.0 Å². The molecule has 2 aromatic heterocycles. The number of fused-ring (bicyclic) bond motifs is 2. The molecule has 3 N–H and O–H groups in total. The SMILES string of the molecule is COc1cc(C(=O)O)cc(F)c1-c1nc([C@@H]2CC[C@H]3CCC(=O)N3C2)n2c(Cl)cnc(N)c12. The highest BCUT2D eigenvalue weighted by Gasteiger charge is 2.39. The van der Waals surface area contributed by atoms with Gasteiger partial charge in [-0.3, -0.25) is 9.20 Å². The largest absolute Gasteiger partial charge is 0.496 e. The van der Waals surface area contributed by atoms with Crippen LogP contribution in [0.4, 0.5) is 10.2 Å². The number of ether oxygens (including phenoxy) is 1. The van der Waals surface area contributed by atoms with Gasteiger partial charge in [-0.2, -0.15) is 0 Å². The fraction of sp³-hybridized carbons (Fsp3) is 0.364. The molecule has 1 amide bonds. The summed E-state index contributed by atoms with van der Waals surface area (Å²) in [5, 5.41) is 9.53. The molecule has 2 aliphatic heterocycles. The molecule has 172 valence electrons. The van der Waals surface area contributed by atoms with E-state index in [1.807, 2.05) is 4.90 Å². The van der Waals surface area contributed by atoms with Crippen molar-refractivity contribution in [2.24, 2.45) is 0 Å². The molecule has 2 atom stereocenters. The first-order valence-corrected chi connectivity index (χ1v) is 10.9. The van der Waals surface area contributed by atoms with E-state index < -0.39 is 11.8 Å². The van der Waals surface area contributed by atoms with Crippen LogP contribution in [0.1, 0.15) is 47.8 Å². The van der Waals surface area contributed by atoms with Crippen LogP contribution >= 0.6 is 11.6 Å². The Morgan fingerprint density at radius 1 is 1.33 bits per heavy atom. The van der Waals surface area contributed by atoms with Gasteiger partial charge in [-0.15, -0.1) is 0 Å². The van der Waals surface area contributed by atoms with Crippen LogP contribution in [-0.4, -0.2) is 55.9 Å². The van der Waals surface area contributed by atoms with E-state index in [2.05, 4.69) is 4.98 Å². The van der Waals surface area contributed by atoms with Gasteiger partial charge in [0.05, 0.1) is 24.4 Å². The number of anilines is 1. The van der Waals surface area contributed by atoms with Crippen molar-refractivity contribution < 1.29 is 23.8 Å². The highest BCUT2D eigenvalue weighted by atomic mass is 35.5. The number of amides is 1. The number of piperidine rings is 1. The summed E-state index contributed by atoms with van der Waals surface area (Å²) in [5.41, 5.74) is 6.34. The number of carboxylic acids is 1. The number of carbonyl (C=O) groups excluding carboxylic acids is 1. The average molecular weight is 474 g/mol. The van der Waals surface area contributed by atoms with E-state index >= 15 is 4.39 Å². The van der Waals surface area contributed by atoms with Crippen LogP contribution in [0.3, 0.4) is 0 Å². The number of hydrogen-bond acceptors (Lipinski definition) is 6. The summed E-state index contributed by atoms with van der Waals surface area (Å²) in [6, 6.07) is 2.38. The fourth-order valence-corrected chi connectivity index (χ4v) is 5.17. The fourth-order valence-electron chi connectivity index (χ4n) is 4.95. The number of benzene rings is 1. The number of carboxylic acid groups (broad SMARTS) is 1. The zero-order chi connectivity index (χ0) is 23.4. The predicted octanol–water partition coefficient (Wildman–Crippen LogP) is 3.35. The molecule has 2 aliphatic rings. The van der Waals surface area contributed by atoms with Crippen LogP contribution < -0.4 is 10.5 Å². The molecule has 4 heterocycles. The zero-order valence-corrected chi connectivity index (χ0v) is 18.5. The molecule has 11 heteroatoms. The third-order valence-electron chi connectivity index (χ3n) is 6.51. The highest BCUT2D eigenvalue weighted by Crippen LogP contribution is 2.42. The maximum absolute atomic E-state index is 15.2. The van der Waals surface area contributed by atoms with Gasteiger partial charge in [0.1, 0.15) is 39.6 Å². The quantitative estimate of drug-likeness (QED) is 0.595. The summed E-state index contributed by atoms with van der Waals surface area (Å²) >= 11 is 6.50. The van der Waals surface area contributed by atoms with Crippen molar-refractivity contribution in [2.75, 3.05) is 19.4 Å². The number of aromatic nitrogens is 3. The van der Waals surface area contributed by atoms with Gasteiger partial charge in [-0.25, -0.2) is 19.2 Å². The summed E-state index contributed by atoms with van der Waals surface area (Å²) in [4.78, 5) is 34.5. The molecule has 33 heavy (non-hydrogen) atoms. The number of aromatic carboxylic acids is 1. The van der Waals surface area contributed by atoms with Crippen molar-refractivity contribution in [3.05, 3.63) is 40.7 Å². The second-order valence-electron chi connectivity index (χ2n) is 8.32. The maximum Gasteiger partial charge on any atom is 0.335 e. The third-order valence-corrected chi connectivity index (χ3v) is 6.78. The Bertz CT molecular complexity index is 1310. The van der Waals surface area contributed by atoms with E-state index in [0.717, 1.165) is 25.3 Å². The number of hydrogen-bond donors (Lipinski definition) is 2. The first-order valence-electron chi connectivity index (χ1n) is 10.5. The smallest absolute Gasteiger partial charge is 0.335 e. The van der Waals surface area contributed by atoms with Gasteiger partial charge >= 0.3 is 5.97 Å².